The van der Waals surface area contributed by atoms with Crippen LogP contribution >= 0.6 is 0 Å². The van der Waals surface area contributed by atoms with Crippen LogP contribution in [0.5, 0.6) is 5.75 Å². The Morgan fingerprint density at radius 2 is 1.86 bits per heavy atom. The van der Waals surface area contributed by atoms with E-state index >= 15 is 0 Å². The molecule has 120 valence electrons. The molecule has 2 saturated carbocycles. The molecule has 0 bridgehead atoms. The number of hydrogen-bond donors (Lipinski definition) is 4. The highest BCUT2D eigenvalue weighted by molar-refractivity contribution is 5.40. The maximum absolute atomic E-state index is 10.5. The number of phenolic OH excluding ortho intramolecular Hbond substituents is 1. The molecule has 3 aliphatic carbocycles. The normalized spacial score (nSPS) is 46.7. The highest BCUT2D eigenvalue weighted by atomic mass is 16.4. The third kappa shape index (κ3) is 1.75. The first-order valence-electron chi connectivity index (χ1n) is 8.29. The van der Waals surface area contributed by atoms with Crippen molar-refractivity contribution in [3.63, 3.8) is 0 Å². The Labute approximate surface area is 130 Å². The van der Waals surface area contributed by atoms with Crippen LogP contribution < -0.4 is 0 Å². The largest absolute Gasteiger partial charge is 0.508 e. The van der Waals surface area contributed by atoms with Gasteiger partial charge in [-0.3, -0.25) is 0 Å². The molecule has 0 aromatic heterocycles. The lowest BCUT2D eigenvalue weighted by molar-refractivity contribution is -0.0505. The zero-order valence-corrected chi connectivity index (χ0v) is 12.8. The van der Waals surface area contributed by atoms with Crippen LogP contribution in [-0.4, -0.2) is 38.7 Å². The van der Waals surface area contributed by atoms with Gasteiger partial charge in [0.2, 0.25) is 0 Å². The average Bonchev–Trinajstić information content (AvgIpc) is 2.68. The first-order chi connectivity index (χ1) is 10.4. The van der Waals surface area contributed by atoms with Crippen LogP contribution in [0.3, 0.4) is 0 Å². The Hall–Kier alpha value is -1.10. The minimum atomic E-state index is -1.03. The number of hydrogen-bond acceptors (Lipinski definition) is 4. The van der Waals surface area contributed by atoms with Gasteiger partial charge in [-0.15, -0.1) is 0 Å². The van der Waals surface area contributed by atoms with Crippen molar-refractivity contribution in [1.29, 1.82) is 0 Å². The van der Waals surface area contributed by atoms with Crippen molar-refractivity contribution in [2.24, 2.45) is 17.3 Å². The summed E-state index contributed by atoms with van der Waals surface area (Å²) in [6, 6.07) is 5.61. The molecule has 4 nitrogen and oxygen atoms in total. The molecular weight excluding hydrogens is 280 g/mol. The van der Waals surface area contributed by atoms with Crippen molar-refractivity contribution in [1.82, 2.24) is 0 Å². The van der Waals surface area contributed by atoms with Crippen molar-refractivity contribution >= 4 is 0 Å². The number of fused-ring (bicyclic) bond motifs is 5. The summed E-state index contributed by atoms with van der Waals surface area (Å²) in [5.74, 6) is 0.898. The fraction of sp³-hybridized carbons (Fsp3) is 0.667. The van der Waals surface area contributed by atoms with E-state index in [0.29, 0.717) is 11.7 Å². The molecule has 0 heterocycles. The summed E-state index contributed by atoms with van der Waals surface area (Å²) in [4.78, 5) is 0. The van der Waals surface area contributed by atoms with Crippen molar-refractivity contribution < 1.29 is 20.4 Å². The van der Waals surface area contributed by atoms with E-state index in [0.717, 1.165) is 25.7 Å². The molecule has 22 heavy (non-hydrogen) atoms. The lowest BCUT2D eigenvalue weighted by Gasteiger charge is -2.50. The molecule has 0 amide bonds. The summed E-state index contributed by atoms with van der Waals surface area (Å²) >= 11 is 0. The monoisotopic (exact) mass is 304 g/mol. The maximum atomic E-state index is 10.5. The molecular formula is C18H24O4. The van der Waals surface area contributed by atoms with Gasteiger partial charge >= 0.3 is 0 Å². The molecule has 6 unspecified atom stereocenters. The highest BCUT2D eigenvalue weighted by Crippen LogP contribution is 2.60. The maximum Gasteiger partial charge on any atom is 0.115 e. The van der Waals surface area contributed by atoms with Crippen LogP contribution in [0, 0.1) is 17.3 Å². The van der Waals surface area contributed by atoms with E-state index in [1.54, 1.807) is 6.07 Å². The highest BCUT2D eigenvalue weighted by Gasteiger charge is 2.62. The van der Waals surface area contributed by atoms with E-state index in [-0.39, 0.29) is 11.8 Å². The second-order valence-corrected chi connectivity index (χ2v) is 7.69. The molecule has 0 aliphatic heterocycles. The van der Waals surface area contributed by atoms with E-state index in [1.807, 2.05) is 19.1 Å². The zero-order valence-electron chi connectivity index (χ0n) is 12.8. The Morgan fingerprint density at radius 3 is 2.64 bits per heavy atom. The molecule has 0 saturated heterocycles. The van der Waals surface area contributed by atoms with Crippen LogP contribution in [0.4, 0.5) is 0 Å². The van der Waals surface area contributed by atoms with Gasteiger partial charge in [0.1, 0.15) is 11.9 Å². The van der Waals surface area contributed by atoms with Gasteiger partial charge in [0.25, 0.3) is 0 Å². The SMILES string of the molecule is CC12CCC3c4ccc(O)cc4CCC3[C@@H]1C(O)C(O)C2O. The number of phenols is 1. The topological polar surface area (TPSA) is 80.9 Å². The number of rotatable bonds is 0. The zero-order chi connectivity index (χ0) is 15.6. The fourth-order valence-electron chi connectivity index (χ4n) is 5.62. The molecule has 0 radical (unpaired) electrons. The Bertz CT molecular complexity index is 601. The molecule has 3 aliphatic rings. The van der Waals surface area contributed by atoms with Crippen molar-refractivity contribution in [3.05, 3.63) is 29.3 Å². The third-order valence-electron chi connectivity index (χ3n) is 6.72. The van der Waals surface area contributed by atoms with E-state index in [4.69, 9.17) is 0 Å². The van der Waals surface area contributed by atoms with Crippen LogP contribution in [0.2, 0.25) is 0 Å². The first kappa shape index (κ1) is 14.5. The second kappa shape index (κ2) is 4.70. The van der Waals surface area contributed by atoms with Gasteiger partial charge in [-0.1, -0.05) is 13.0 Å². The summed E-state index contributed by atoms with van der Waals surface area (Å²) < 4.78 is 0. The Balaban J connectivity index is 1.74. The molecule has 0 spiro atoms. The van der Waals surface area contributed by atoms with E-state index in [1.165, 1.54) is 11.1 Å². The van der Waals surface area contributed by atoms with Crippen molar-refractivity contribution in [3.8, 4) is 5.75 Å². The molecule has 4 rings (SSSR count). The van der Waals surface area contributed by atoms with E-state index in [9.17, 15) is 20.4 Å². The fourth-order valence-corrected chi connectivity index (χ4v) is 5.62. The Kier molecular flexibility index (Phi) is 3.09. The number of aliphatic hydroxyl groups excluding tert-OH is 3. The summed E-state index contributed by atoms with van der Waals surface area (Å²) in [5, 5.41) is 40.7. The summed E-state index contributed by atoms with van der Waals surface area (Å²) in [6.07, 6.45) is 0.894. The average molecular weight is 304 g/mol. The standard InChI is InChI=1S/C18H24O4/c1-18-7-6-12-11-5-3-10(19)8-9(11)2-4-13(12)14(18)15(20)16(21)17(18)22/h3,5,8,12-17,19-22H,2,4,6-7H2,1H3/t12?,13?,14-,15?,16?,17?,18?/m1/s1. The van der Waals surface area contributed by atoms with E-state index in [2.05, 4.69) is 0 Å². The third-order valence-corrected chi connectivity index (χ3v) is 6.72. The summed E-state index contributed by atoms with van der Waals surface area (Å²) in [5.41, 5.74) is 2.09. The number of aryl methyl sites for hydroxylation is 1. The number of benzene rings is 1. The first-order valence-corrected chi connectivity index (χ1v) is 8.29. The second-order valence-electron chi connectivity index (χ2n) is 7.69. The summed E-state index contributed by atoms with van der Waals surface area (Å²) in [7, 11) is 0. The molecule has 4 heteroatoms. The van der Waals surface area contributed by atoms with Gasteiger partial charge in [-0.25, -0.2) is 0 Å². The van der Waals surface area contributed by atoms with Gasteiger partial charge in [0, 0.05) is 5.41 Å². The Morgan fingerprint density at radius 1 is 1.09 bits per heavy atom. The predicted molar refractivity (Wildman–Crippen MR) is 81.5 cm³/mol. The number of aromatic hydroxyl groups is 1. The van der Waals surface area contributed by atoms with Crippen molar-refractivity contribution in [2.45, 2.75) is 56.8 Å². The van der Waals surface area contributed by atoms with Crippen LogP contribution in [0.25, 0.3) is 0 Å². The van der Waals surface area contributed by atoms with Gasteiger partial charge in [0.15, 0.2) is 0 Å². The van der Waals surface area contributed by atoms with Crippen LogP contribution in [0.15, 0.2) is 18.2 Å². The van der Waals surface area contributed by atoms with Gasteiger partial charge in [-0.05, 0) is 66.7 Å². The van der Waals surface area contributed by atoms with E-state index < -0.39 is 23.7 Å². The molecule has 7 atom stereocenters. The van der Waals surface area contributed by atoms with Gasteiger partial charge in [-0.2, -0.15) is 0 Å². The van der Waals surface area contributed by atoms with Crippen molar-refractivity contribution in [2.75, 3.05) is 0 Å². The molecule has 2 fully saturated rings. The smallest absolute Gasteiger partial charge is 0.115 e. The van der Waals surface area contributed by atoms with Crippen LogP contribution in [0.1, 0.15) is 43.2 Å². The van der Waals surface area contributed by atoms with Crippen LogP contribution in [-0.2, 0) is 6.42 Å². The lowest BCUT2D eigenvalue weighted by atomic mass is 9.55. The lowest BCUT2D eigenvalue weighted by Crippen LogP contribution is -2.46. The van der Waals surface area contributed by atoms with Gasteiger partial charge < -0.3 is 20.4 Å². The minimum absolute atomic E-state index is 0.0572. The summed E-state index contributed by atoms with van der Waals surface area (Å²) in [6.45, 7) is 2.02. The quantitative estimate of drug-likeness (QED) is 0.586. The number of aliphatic hydroxyl groups is 3. The molecule has 1 aromatic rings. The van der Waals surface area contributed by atoms with Gasteiger partial charge in [0.05, 0.1) is 12.2 Å². The molecule has 1 aromatic carbocycles. The minimum Gasteiger partial charge on any atom is -0.508 e. The molecule has 4 N–H and O–H groups in total. The predicted octanol–water partition coefficient (Wildman–Crippen LogP) is 1.55.